The summed E-state index contributed by atoms with van der Waals surface area (Å²) < 4.78 is 0. The standard InChI is InChI=1S/C6H5NO4/c8-2-3-5(10)6(11)4(9)1-7-3/h1-2,5,8,10H. The summed E-state index contributed by atoms with van der Waals surface area (Å²) in [6, 6.07) is 0. The highest BCUT2D eigenvalue weighted by molar-refractivity contribution is 6.61. The van der Waals surface area contributed by atoms with Gasteiger partial charge in [-0.3, -0.25) is 14.6 Å². The zero-order chi connectivity index (χ0) is 8.43. The Balaban J connectivity index is 3.03. The minimum absolute atomic E-state index is 0.213. The molecule has 1 atom stereocenters. The van der Waals surface area contributed by atoms with Crippen LogP contribution in [0.15, 0.2) is 17.0 Å². The third kappa shape index (κ3) is 1.18. The van der Waals surface area contributed by atoms with Gasteiger partial charge in [-0.05, 0) is 0 Å². The summed E-state index contributed by atoms with van der Waals surface area (Å²) in [5.74, 6) is -1.83. The average molecular weight is 155 g/mol. The van der Waals surface area contributed by atoms with Crippen LogP contribution >= 0.6 is 0 Å². The van der Waals surface area contributed by atoms with Crippen LogP contribution in [0.1, 0.15) is 0 Å². The van der Waals surface area contributed by atoms with Gasteiger partial charge in [0.2, 0.25) is 11.6 Å². The van der Waals surface area contributed by atoms with Crippen molar-refractivity contribution >= 4 is 17.8 Å². The highest BCUT2D eigenvalue weighted by Crippen LogP contribution is 2.08. The van der Waals surface area contributed by atoms with Crippen LogP contribution in [0.5, 0.6) is 0 Å². The van der Waals surface area contributed by atoms with Crippen molar-refractivity contribution in [2.24, 2.45) is 4.99 Å². The minimum Gasteiger partial charge on any atom is -0.514 e. The van der Waals surface area contributed by atoms with E-state index in [0.29, 0.717) is 6.26 Å². The second-order valence-corrected chi connectivity index (χ2v) is 1.94. The van der Waals surface area contributed by atoms with Crippen molar-refractivity contribution in [1.82, 2.24) is 0 Å². The smallest absolute Gasteiger partial charge is 0.242 e. The molecule has 5 heteroatoms. The number of nitrogens with zero attached hydrogens (tertiary/aromatic N) is 1. The maximum atomic E-state index is 10.7. The van der Waals surface area contributed by atoms with Crippen LogP contribution < -0.4 is 0 Å². The van der Waals surface area contributed by atoms with Gasteiger partial charge in [-0.15, -0.1) is 0 Å². The summed E-state index contributed by atoms with van der Waals surface area (Å²) >= 11 is 0. The predicted molar refractivity (Wildman–Crippen MR) is 35.2 cm³/mol. The summed E-state index contributed by atoms with van der Waals surface area (Å²) in [4.78, 5) is 24.5. The van der Waals surface area contributed by atoms with Crippen molar-refractivity contribution in [2.45, 2.75) is 6.10 Å². The van der Waals surface area contributed by atoms with Gasteiger partial charge in [-0.2, -0.15) is 0 Å². The Hall–Kier alpha value is -1.49. The van der Waals surface area contributed by atoms with E-state index in [1.165, 1.54) is 0 Å². The number of aliphatic hydroxyl groups excluding tert-OH is 2. The number of hydrogen-bond donors (Lipinski definition) is 2. The molecule has 11 heavy (non-hydrogen) atoms. The molecular weight excluding hydrogens is 150 g/mol. The maximum Gasteiger partial charge on any atom is 0.242 e. The van der Waals surface area contributed by atoms with Gasteiger partial charge >= 0.3 is 0 Å². The van der Waals surface area contributed by atoms with Crippen molar-refractivity contribution in [3.8, 4) is 0 Å². The Labute approximate surface area is 61.7 Å². The topological polar surface area (TPSA) is 87.0 Å². The zero-order valence-corrected chi connectivity index (χ0v) is 5.39. The zero-order valence-electron chi connectivity index (χ0n) is 5.39. The SMILES string of the molecule is O=C1C=NC(=CO)C(O)C1=O. The van der Waals surface area contributed by atoms with Crippen LogP contribution in [0, 0.1) is 0 Å². The van der Waals surface area contributed by atoms with E-state index in [4.69, 9.17) is 10.2 Å². The van der Waals surface area contributed by atoms with Crippen molar-refractivity contribution in [2.75, 3.05) is 0 Å². The molecule has 0 spiro atoms. The lowest BCUT2D eigenvalue weighted by atomic mass is 10.1. The van der Waals surface area contributed by atoms with Gasteiger partial charge in [-0.25, -0.2) is 0 Å². The second kappa shape index (κ2) is 2.63. The molecule has 2 N–H and O–H groups in total. The molecule has 58 valence electrons. The van der Waals surface area contributed by atoms with Crippen molar-refractivity contribution in [3.05, 3.63) is 12.0 Å². The summed E-state index contributed by atoms with van der Waals surface area (Å²) in [6.45, 7) is 0. The molecule has 1 heterocycles. The Morgan fingerprint density at radius 2 is 2.18 bits per heavy atom. The quantitative estimate of drug-likeness (QED) is 0.346. The molecule has 0 bridgehead atoms. The van der Waals surface area contributed by atoms with E-state index in [-0.39, 0.29) is 5.70 Å². The maximum absolute atomic E-state index is 10.7. The van der Waals surface area contributed by atoms with Crippen molar-refractivity contribution < 1.29 is 19.8 Å². The molecule has 0 fully saturated rings. The Morgan fingerprint density at radius 3 is 2.73 bits per heavy atom. The van der Waals surface area contributed by atoms with Crippen LogP contribution in [0.4, 0.5) is 0 Å². The molecule has 1 aliphatic heterocycles. The fourth-order valence-corrected chi connectivity index (χ4v) is 0.640. The van der Waals surface area contributed by atoms with Gasteiger partial charge in [0.15, 0.2) is 6.10 Å². The third-order valence-electron chi connectivity index (χ3n) is 1.23. The van der Waals surface area contributed by atoms with E-state index in [0.717, 1.165) is 6.21 Å². The first-order valence-corrected chi connectivity index (χ1v) is 2.81. The van der Waals surface area contributed by atoms with E-state index < -0.39 is 17.7 Å². The summed E-state index contributed by atoms with van der Waals surface area (Å²) in [7, 11) is 0. The summed E-state index contributed by atoms with van der Waals surface area (Å²) in [6.07, 6.45) is -0.361. The third-order valence-corrected chi connectivity index (χ3v) is 1.23. The second-order valence-electron chi connectivity index (χ2n) is 1.94. The van der Waals surface area contributed by atoms with E-state index in [2.05, 4.69) is 4.99 Å². The molecule has 1 aliphatic rings. The fraction of sp³-hybridized carbons (Fsp3) is 0.167. The first-order valence-electron chi connectivity index (χ1n) is 2.81. The largest absolute Gasteiger partial charge is 0.514 e. The Bertz CT molecular complexity index is 266. The number of hydrogen-bond acceptors (Lipinski definition) is 5. The molecule has 1 unspecified atom stereocenters. The molecule has 0 amide bonds. The molecule has 0 aliphatic carbocycles. The number of rotatable bonds is 0. The molecule has 5 nitrogen and oxygen atoms in total. The Morgan fingerprint density at radius 1 is 1.55 bits per heavy atom. The number of ketones is 2. The molecule has 0 radical (unpaired) electrons. The Kier molecular flexibility index (Phi) is 1.82. The van der Waals surface area contributed by atoms with Gasteiger partial charge in [0.05, 0.1) is 6.21 Å². The normalized spacial score (nSPS) is 28.1. The fourth-order valence-electron chi connectivity index (χ4n) is 0.640. The molecule has 1 rings (SSSR count). The molecule has 0 saturated heterocycles. The van der Waals surface area contributed by atoms with Crippen LogP contribution in [-0.4, -0.2) is 34.1 Å². The number of aliphatic imine (C=N–C) groups is 1. The van der Waals surface area contributed by atoms with E-state index in [1.807, 2.05) is 0 Å². The number of carbonyl (C=O) groups is 2. The number of aliphatic hydroxyl groups is 2. The highest BCUT2D eigenvalue weighted by atomic mass is 16.3. The monoisotopic (exact) mass is 155 g/mol. The van der Waals surface area contributed by atoms with Gasteiger partial charge in [0, 0.05) is 0 Å². The minimum atomic E-state index is -1.61. The van der Waals surface area contributed by atoms with E-state index in [9.17, 15) is 9.59 Å². The first kappa shape index (κ1) is 7.62. The molecule has 0 aromatic rings. The average Bonchev–Trinajstić information content (AvgIpc) is 2.01. The lowest BCUT2D eigenvalue weighted by molar-refractivity contribution is -0.137. The molecule has 0 aromatic heterocycles. The summed E-state index contributed by atoms with van der Waals surface area (Å²) in [5.41, 5.74) is -0.213. The number of Topliss-reactive ketones (excluding diaryl/α,β-unsaturated/α-hetero) is 2. The van der Waals surface area contributed by atoms with E-state index >= 15 is 0 Å². The van der Waals surface area contributed by atoms with Crippen LogP contribution in [0.2, 0.25) is 0 Å². The highest BCUT2D eigenvalue weighted by Gasteiger charge is 2.29. The lowest BCUT2D eigenvalue weighted by Gasteiger charge is -2.10. The van der Waals surface area contributed by atoms with E-state index in [1.54, 1.807) is 0 Å². The lowest BCUT2D eigenvalue weighted by Crippen LogP contribution is -2.34. The number of carbonyl (C=O) groups excluding carboxylic acids is 2. The molecular formula is C6H5NO4. The van der Waals surface area contributed by atoms with Crippen LogP contribution in [-0.2, 0) is 9.59 Å². The van der Waals surface area contributed by atoms with Crippen LogP contribution in [0.25, 0.3) is 0 Å². The summed E-state index contributed by atoms with van der Waals surface area (Å²) in [5, 5.41) is 17.3. The van der Waals surface area contributed by atoms with Gasteiger partial charge in [0.25, 0.3) is 0 Å². The predicted octanol–water partition coefficient (Wildman–Crippen LogP) is -1.03. The molecule has 0 aromatic carbocycles. The van der Waals surface area contributed by atoms with Crippen molar-refractivity contribution in [1.29, 1.82) is 0 Å². The first-order chi connectivity index (χ1) is 5.16. The van der Waals surface area contributed by atoms with Crippen LogP contribution in [0.3, 0.4) is 0 Å². The van der Waals surface area contributed by atoms with Crippen molar-refractivity contribution in [3.63, 3.8) is 0 Å². The van der Waals surface area contributed by atoms with Gasteiger partial charge in [-0.1, -0.05) is 0 Å². The van der Waals surface area contributed by atoms with Gasteiger partial charge < -0.3 is 10.2 Å². The van der Waals surface area contributed by atoms with Gasteiger partial charge in [0.1, 0.15) is 12.0 Å². The molecule has 0 saturated carbocycles.